The number of carbonyl (C=O) groups is 4. The minimum atomic E-state index is 0. The third-order valence-corrected chi connectivity index (χ3v) is 3.01. The van der Waals surface area contributed by atoms with Gasteiger partial charge < -0.3 is 14.9 Å². The van der Waals surface area contributed by atoms with Crippen LogP contribution in [0.4, 0.5) is 0 Å². The third kappa shape index (κ3) is 17.4. The van der Waals surface area contributed by atoms with Crippen LogP contribution in [-0.4, -0.2) is 42.4 Å². The Morgan fingerprint density at radius 3 is 1.53 bits per heavy atom. The van der Waals surface area contributed by atoms with E-state index in [-0.39, 0.29) is 48.9 Å². The summed E-state index contributed by atoms with van der Waals surface area (Å²) in [6, 6.07) is 19.3. The van der Waals surface area contributed by atoms with Crippen molar-refractivity contribution in [2.45, 2.75) is 0 Å². The number of carbonyl (C=O) groups excluding carboxylic acids is 4. The van der Waals surface area contributed by atoms with Crippen molar-refractivity contribution in [1.29, 1.82) is 0 Å². The monoisotopic (exact) mass is 476 g/mol. The van der Waals surface area contributed by atoms with Gasteiger partial charge in [-0.25, -0.2) is 0 Å². The molecular weight excluding hydrogens is 459 g/mol. The predicted octanol–water partition coefficient (Wildman–Crippen LogP) is -0.237. The molecule has 2 aromatic rings. The Balaban J connectivity index is 0. The zero-order valence-corrected chi connectivity index (χ0v) is 20.0. The molecule has 0 unspecified atom stereocenters. The minimum Gasteiger partial charge on any atom is -0.602 e. The first-order valence-corrected chi connectivity index (χ1v) is 9.21. The molecule has 0 aliphatic rings. The molecule has 0 atom stereocenters. The third-order valence-electron chi connectivity index (χ3n) is 2.73. The summed E-state index contributed by atoms with van der Waals surface area (Å²) >= 11 is 3.23. The molecular formula is C22H18BrN2NaO4. The molecule has 148 valence electrons. The van der Waals surface area contributed by atoms with Crippen LogP contribution in [0.3, 0.4) is 0 Å². The van der Waals surface area contributed by atoms with Crippen molar-refractivity contribution in [3.05, 3.63) is 77.1 Å². The zero-order chi connectivity index (χ0) is 21.6. The molecule has 2 aromatic carbocycles. The molecule has 0 radical (unpaired) electrons. The second-order valence-corrected chi connectivity index (χ2v) is 5.27. The fourth-order valence-corrected chi connectivity index (χ4v) is 1.68. The SMILES string of the molecule is BrCC#Cc1ccccc1.O=CN(C=O)CC#Cc1ccccc1.O=C[N-]C=O.[Na+]. The summed E-state index contributed by atoms with van der Waals surface area (Å²) in [5.74, 6) is 11.5. The number of imide groups is 2. The number of benzene rings is 2. The molecule has 0 saturated heterocycles. The van der Waals surface area contributed by atoms with E-state index in [2.05, 4.69) is 44.9 Å². The van der Waals surface area contributed by atoms with E-state index in [1.165, 1.54) is 0 Å². The van der Waals surface area contributed by atoms with Crippen molar-refractivity contribution in [1.82, 2.24) is 4.90 Å². The van der Waals surface area contributed by atoms with Crippen molar-refractivity contribution < 1.29 is 48.7 Å². The summed E-state index contributed by atoms with van der Waals surface area (Å²) in [7, 11) is 0. The molecule has 30 heavy (non-hydrogen) atoms. The summed E-state index contributed by atoms with van der Waals surface area (Å²) in [5.41, 5.74) is 1.94. The standard InChI is InChI=1S/C11H9NO2.C9H7Br.C2H3NO2.Na/c13-9-12(10-14)8-4-7-11-5-2-1-3-6-11;10-8-4-7-9-5-2-1-3-6-9;4-1-3-2-5;/h1-3,5-6,9-10H,8H2;1-3,5-6H,8H2;1-2H,(H,3,4,5);/q;;;+1/p-1. The van der Waals surface area contributed by atoms with Crippen LogP contribution in [0, 0.1) is 23.7 Å². The maximum Gasteiger partial charge on any atom is 1.00 e. The second kappa shape index (κ2) is 22.6. The van der Waals surface area contributed by atoms with Crippen LogP contribution in [-0.2, 0) is 19.2 Å². The number of alkyl halides is 1. The van der Waals surface area contributed by atoms with Crippen molar-refractivity contribution in [3.63, 3.8) is 0 Å². The van der Waals surface area contributed by atoms with E-state index in [1.54, 1.807) is 0 Å². The molecule has 0 N–H and O–H groups in total. The molecule has 0 bridgehead atoms. The Kier molecular flexibility index (Phi) is 22.2. The second-order valence-electron chi connectivity index (χ2n) is 4.71. The molecule has 8 heteroatoms. The van der Waals surface area contributed by atoms with Gasteiger partial charge >= 0.3 is 29.6 Å². The van der Waals surface area contributed by atoms with E-state index in [9.17, 15) is 9.59 Å². The number of halogens is 1. The molecule has 2 rings (SSSR count). The van der Waals surface area contributed by atoms with Gasteiger partial charge in [-0.3, -0.25) is 14.5 Å². The van der Waals surface area contributed by atoms with Gasteiger partial charge in [-0.05, 0) is 24.3 Å². The Labute approximate surface area is 206 Å². The van der Waals surface area contributed by atoms with Gasteiger partial charge in [0, 0.05) is 23.9 Å². The molecule has 0 fully saturated rings. The van der Waals surface area contributed by atoms with Crippen LogP contribution in [0.5, 0.6) is 0 Å². The minimum absolute atomic E-state index is 0. The average molecular weight is 477 g/mol. The molecule has 0 aromatic heterocycles. The molecule has 6 nitrogen and oxygen atoms in total. The quantitative estimate of drug-likeness (QED) is 0.258. The Morgan fingerprint density at radius 1 is 0.767 bits per heavy atom. The number of hydrogen-bond acceptors (Lipinski definition) is 4. The molecule has 0 spiro atoms. The summed E-state index contributed by atoms with van der Waals surface area (Å²) < 4.78 is 0. The van der Waals surface area contributed by atoms with Gasteiger partial charge in [0.2, 0.25) is 12.8 Å². The van der Waals surface area contributed by atoms with Crippen LogP contribution in [0.1, 0.15) is 11.1 Å². The van der Waals surface area contributed by atoms with Crippen LogP contribution < -0.4 is 29.6 Å². The van der Waals surface area contributed by atoms with Crippen molar-refractivity contribution in [2.75, 3.05) is 11.9 Å². The van der Waals surface area contributed by atoms with Gasteiger partial charge in [0.05, 0.1) is 11.9 Å². The van der Waals surface area contributed by atoms with Crippen LogP contribution in [0.25, 0.3) is 5.32 Å². The van der Waals surface area contributed by atoms with Crippen LogP contribution >= 0.6 is 15.9 Å². The van der Waals surface area contributed by atoms with E-state index in [1.807, 2.05) is 60.7 Å². The van der Waals surface area contributed by atoms with E-state index in [4.69, 9.17) is 9.59 Å². The fourth-order valence-electron chi connectivity index (χ4n) is 1.54. The van der Waals surface area contributed by atoms with E-state index < -0.39 is 0 Å². The van der Waals surface area contributed by atoms with Gasteiger partial charge in [-0.2, -0.15) is 0 Å². The first kappa shape index (κ1) is 29.5. The van der Waals surface area contributed by atoms with E-state index in [0.717, 1.165) is 21.4 Å². The van der Waals surface area contributed by atoms with E-state index >= 15 is 0 Å². The number of nitrogens with zero attached hydrogens (tertiary/aromatic N) is 2. The first-order valence-electron chi connectivity index (χ1n) is 8.09. The van der Waals surface area contributed by atoms with Crippen molar-refractivity contribution >= 4 is 41.6 Å². The van der Waals surface area contributed by atoms with Gasteiger partial charge in [0.15, 0.2) is 0 Å². The number of hydrogen-bond donors (Lipinski definition) is 0. The number of rotatable bonds is 5. The van der Waals surface area contributed by atoms with Crippen molar-refractivity contribution in [3.8, 4) is 23.7 Å². The van der Waals surface area contributed by atoms with Gasteiger partial charge in [0.25, 0.3) is 0 Å². The largest absolute Gasteiger partial charge is 1.00 e. The molecule has 0 saturated carbocycles. The average Bonchev–Trinajstić information content (AvgIpc) is 2.78. The maximum absolute atomic E-state index is 10.2. The summed E-state index contributed by atoms with van der Waals surface area (Å²) in [6.07, 6.45) is 1.28. The zero-order valence-electron chi connectivity index (χ0n) is 16.4. The summed E-state index contributed by atoms with van der Waals surface area (Å²) in [4.78, 5) is 39.4. The van der Waals surface area contributed by atoms with Gasteiger partial charge in [-0.15, -0.1) is 0 Å². The molecule has 0 heterocycles. The normalized spacial score (nSPS) is 7.50. The predicted molar refractivity (Wildman–Crippen MR) is 115 cm³/mol. The maximum atomic E-state index is 10.2. The smallest absolute Gasteiger partial charge is 0.602 e. The molecule has 4 amide bonds. The summed E-state index contributed by atoms with van der Waals surface area (Å²) in [5, 5.41) is 3.35. The Hall–Kier alpha value is -2.68. The van der Waals surface area contributed by atoms with E-state index in [0.29, 0.717) is 12.8 Å². The molecule has 0 aliphatic carbocycles. The van der Waals surface area contributed by atoms with Crippen LogP contribution in [0.15, 0.2) is 60.7 Å². The van der Waals surface area contributed by atoms with Crippen molar-refractivity contribution in [2.24, 2.45) is 0 Å². The Morgan fingerprint density at radius 2 is 1.20 bits per heavy atom. The Bertz CT molecular complexity index is 843. The van der Waals surface area contributed by atoms with Gasteiger partial charge in [0.1, 0.15) is 0 Å². The first-order chi connectivity index (χ1) is 14.2. The fraction of sp³-hybridized carbons (Fsp3) is 0.0909. The molecule has 0 aliphatic heterocycles. The topological polar surface area (TPSA) is 85.6 Å². The van der Waals surface area contributed by atoms with Gasteiger partial charge in [-0.1, -0.05) is 76.0 Å². The number of amides is 4. The van der Waals surface area contributed by atoms with Crippen LogP contribution in [0.2, 0.25) is 0 Å². The summed E-state index contributed by atoms with van der Waals surface area (Å²) in [6.45, 7) is 0.127.